The first-order valence-electron chi connectivity index (χ1n) is 17.8. The lowest BCUT2D eigenvalue weighted by molar-refractivity contribution is -0.133. The van der Waals surface area contributed by atoms with Gasteiger partial charge < -0.3 is 19.8 Å². The number of carbonyl (C=O) groups is 2. The van der Waals surface area contributed by atoms with Gasteiger partial charge in [-0.2, -0.15) is 0 Å². The van der Waals surface area contributed by atoms with E-state index in [-0.39, 0.29) is 23.9 Å². The first-order chi connectivity index (χ1) is 24.2. The van der Waals surface area contributed by atoms with E-state index in [4.69, 9.17) is 19.9 Å². The number of likely N-dealkylation sites (tertiary alicyclic amines) is 2. The normalized spacial score (nSPS) is 18.1. The van der Waals surface area contributed by atoms with Crippen molar-refractivity contribution in [3.8, 4) is 22.5 Å². The van der Waals surface area contributed by atoms with E-state index in [0.717, 1.165) is 83.7 Å². The highest BCUT2D eigenvalue weighted by Gasteiger charge is 2.34. The molecule has 6 heterocycles. The number of H-pyrrole nitrogens is 2. The lowest BCUT2D eigenvalue weighted by Crippen LogP contribution is -2.31. The van der Waals surface area contributed by atoms with E-state index in [1.807, 2.05) is 21.9 Å². The monoisotopic (exact) mass is 670 g/mol. The number of nitrogens with zero attached hydrogens (tertiary/aromatic N) is 8. The average Bonchev–Trinajstić information content (AvgIpc) is 3.91. The van der Waals surface area contributed by atoms with Gasteiger partial charge in [0.25, 0.3) is 0 Å². The van der Waals surface area contributed by atoms with E-state index in [9.17, 15) is 9.59 Å². The Morgan fingerprint density at radius 3 is 1.54 bits per heavy atom. The maximum Gasteiger partial charge on any atom is 0.223 e. The van der Waals surface area contributed by atoms with Gasteiger partial charge in [-0.1, -0.05) is 52.0 Å². The average molecular weight is 671 g/mol. The van der Waals surface area contributed by atoms with Gasteiger partial charge in [0.1, 0.15) is 11.6 Å². The molecule has 2 aliphatic heterocycles. The van der Waals surface area contributed by atoms with Gasteiger partial charge in [0.2, 0.25) is 11.8 Å². The standard InChI is InChI=1S/C38H42N10O2/c1-21(2)15-31(49)47-13-5-7-29(47)33-43-35-37(45-33)41-27(19-39-35)25-11-9-24-18-26(12-10-23(24)17-25)28-20-40-36-38(42-28)46-34(44-36)30-8-6-14-48(30)32(50)16-22(3)4/h9-12,17-22,29-30H,5-8,13-16H2,1-4H3,(H,39,41,43,45)(H,40,42,44,46). The second kappa shape index (κ2) is 12.9. The number of hydrogen-bond acceptors (Lipinski definition) is 8. The van der Waals surface area contributed by atoms with Gasteiger partial charge in [0.15, 0.2) is 22.6 Å². The van der Waals surface area contributed by atoms with E-state index < -0.39 is 0 Å². The zero-order valence-corrected chi connectivity index (χ0v) is 29.0. The molecular formula is C38H42N10O2. The van der Waals surface area contributed by atoms with Crippen molar-refractivity contribution in [2.24, 2.45) is 11.8 Å². The Hall–Kier alpha value is -5.26. The molecule has 12 heteroatoms. The zero-order chi connectivity index (χ0) is 34.5. The summed E-state index contributed by atoms with van der Waals surface area (Å²) in [6, 6.07) is 12.3. The molecule has 2 aromatic carbocycles. The summed E-state index contributed by atoms with van der Waals surface area (Å²) in [7, 11) is 0. The number of hydrogen-bond donors (Lipinski definition) is 2. The van der Waals surface area contributed by atoms with Crippen LogP contribution in [0.15, 0.2) is 48.8 Å². The van der Waals surface area contributed by atoms with Gasteiger partial charge in [0.05, 0.1) is 35.9 Å². The summed E-state index contributed by atoms with van der Waals surface area (Å²) >= 11 is 0. The third-order valence-electron chi connectivity index (χ3n) is 9.83. The van der Waals surface area contributed by atoms with Gasteiger partial charge >= 0.3 is 0 Å². The summed E-state index contributed by atoms with van der Waals surface area (Å²) in [4.78, 5) is 64.9. The maximum absolute atomic E-state index is 12.9. The molecule has 2 fully saturated rings. The molecule has 4 aromatic heterocycles. The van der Waals surface area contributed by atoms with E-state index in [1.165, 1.54) is 0 Å². The minimum atomic E-state index is -0.0702. The molecule has 2 saturated heterocycles. The Kier molecular flexibility index (Phi) is 8.24. The van der Waals surface area contributed by atoms with Crippen molar-refractivity contribution in [3.05, 3.63) is 60.4 Å². The topological polar surface area (TPSA) is 150 Å². The fraction of sp³-hybridized carbons (Fsp3) is 0.421. The van der Waals surface area contributed by atoms with Crippen LogP contribution in [-0.2, 0) is 9.59 Å². The van der Waals surface area contributed by atoms with Crippen LogP contribution in [0.25, 0.3) is 55.9 Å². The molecule has 6 aromatic rings. The van der Waals surface area contributed by atoms with Crippen LogP contribution in [0, 0.1) is 11.8 Å². The SMILES string of the molecule is CC(C)CC(=O)N1CCCC1c1nc2ncc(-c3ccc4cc(-c5cnc6nc(C7CCCN7C(=O)CC(C)C)[nH]c6n5)ccc4c3)nc2[nH]1. The maximum atomic E-state index is 12.9. The van der Waals surface area contributed by atoms with Crippen LogP contribution in [0.5, 0.6) is 0 Å². The van der Waals surface area contributed by atoms with Crippen LogP contribution in [0.3, 0.4) is 0 Å². The smallest absolute Gasteiger partial charge is 0.223 e. The van der Waals surface area contributed by atoms with Crippen LogP contribution in [-0.4, -0.2) is 74.6 Å². The van der Waals surface area contributed by atoms with Gasteiger partial charge in [-0.3, -0.25) is 9.59 Å². The minimum absolute atomic E-state index is 0.0702. The van der Waals surface area contributed by atoms with Gasteiger partial charge in [-0.25, -0.2) is 29.9 Å². The van der Waals surface area contributed by atoms with Crippen molar-refractivity contribution in [2.45, 2.75) is 78.3 Å². The molecule has 0 radical (unpaired) electrons. The number of aromatic amines is 2. The number of fused-ring (bicyclic) bond motifs is 3. The first-order valence-corrected chi connectivity index (χ1v) is 17.8. The largest absolute Gasteiger partial charge is 0.333 e. The van der Waals surface area contributed by atoms with E-state index >= 15 is 0 Å². The predicted molar refractivity (Wildman–Crippen MR) is 192 cm³/mol. The lowest BCUT2D eigenvalue weighted by atomic mass is 10.0. The second-order valence-electron chi connectivity index (χ2n) is 14.6. The molecule has 0 spiro atoms. The van der Waals surface area contributed by atoms with Crippen molar-refractivity contribution in [2.75, 3.05) is 13.1 Å². The summed E-state index contributed by atoms with van der Waals surface area (Å²) < 4.78 is 0. The van der Waals surface area contributed by atoms with Crippen LogP contribution in [0.2, 0.25) is 0 Å². The molecule has 8 rings (SSSR count). The first kappa shape index (κ1) is 32.0. The van der Waals surface area contributed by atoms with Crippen molar-refractivity contribution < 1.29 is 9.59 Å². The van der Waals surface area contributed by atoms with Crippen molar-refractivity contribution in [3.63, 3.8) is 0 Å². The Bertz CT molecular complexity index is 2080. The van der Waals surface area contributed by atoms with Crippen molar-refractivity contribution >= 4 is 45.2 Å². The molecule has 0 bridgehead atoms. The van der Waals surface area contributed by atoms with Gasteiger partial charge in [-0.05, 0) is 60.4 Å². The number of imidazole rings is 2. The third-order valence-corrected chi connectivity index (χ3v) is 9.83. The lowest BCUT2D eigenvalue weighted by Gasteiger charge is -2.23. The summed E-state index contributed by atoms with van der Waals surface area (Å²) in [5.41, 5.74) is 5.74. The van der Waals surface area contributed by atoms with E-state index in [1.54, 1.807) is 12.4 Å². The number of nitrogens with one attached hydrogen (secondary N) is 2. The van der Waals surface area contributed by atoms with Crippen LogP contribution < -0.4 is 0 Å². The van der Waals surface area contributed by atoms with Crippen LogP contribution in [0.1, 0.15) is 90.0 Å². The highest BCUT2D eigenvalue weighted by Crippen LogP contribution is 2.34. The Labute approximate surface area is 290 Å². The second-order valence-corrected chi connectivity index (χ2v) is 14.6. The van der Waals surface area contributed by atoms with E-state index in [0.29, 0.717) is 47.3 Å². The van der Waals surface area contributed by atoms with E-state index in [2.05, 4.69) is 71.9 Å². The molecule has 12 nitrogen and oxygen atoms in total. The molecule has 256 valence electrons. The third kappa shape index (κ3) is 6.07. The summed E-state index contributed by atoms with van der Waals surface area (Å²) in [5.74, 6) is 2.48. The molecule has 2 aliphatic rings. The molecule has 2 atom stereocenters. The summed E-state index contributed by atoms with van der Waals surface area (Å²) in [6.45, 7) is 9.79. The van der Waals surface area contributed by atoms with Gasteiger partial charge in [-0.15, -0.1) is 0 Å². The summed E-state index contributed by atoms with van der Waals surface area (Å²) in [6.07, 6.45) is 8.27. The molecule has 2 unspecified atom stereocenters. The number of aromatic nitrogens is 8. The molecule has 0 aliphatic carbocycles. The number of benzene rings is 2. The van der Waals surface area contributed by atoms with Crippen LogP contribution >= 0.6 is 0 Å². The minimum Gasteiger partial charge on any atom is -0.333 e. The highest BCUT2D eigenvalue weighted by atomic mass is 16.2. The van der Waals surface area contributed by atoms with Gasteiger partial charge in [0, 0.05) is 37.1 Å². The Morgan fingerprint density at radius 1 is 0.680 bits per heavy atom. The quantitative estimate of drug-likeness (QED) is 0.177. The number of carbonyl (C=O) groups excluding carboxylic acids is 2. The number of rotatable bonds is 8. The molecule has 50 heavy (non-hydrogen) atoms. The predicted octanol–water partition coefficient (Wildman–Crippen LogP) is 6.93. The highest BCUT2D eigenvalue weighted by molar-refractivity contribution is 5.90. The molecule has 0 saturated carbocycles. The van der Waals surface area contributed by atoms with Crippen molar-refractivity contribution in [1.29, 1.82) is 0 Å². The molecule has 2 N–H and O–H groups in total. The molecule has 2 amide bonds. The zero-order valence-electron chi connectivity index (χ0n) is 29.0. The van der Waals surface area contributed by atoms with Crippen LogP contribution in [0.4, 0.5) is 0 Å². The Morgan fingerprint density at radius 2 is 1.12 bits per heavy atom. The Balaban J connectivity index is 1.02. The summed E-state index contributed by atoms with van der Waals surface area (Å²) in [5, 5.41) is 2.13. The fourth-order valence-corrected chi connectivity index (χ4v) is 7.41. The number of amides is 2. The fourth-order valence-electron chi connectivity index (χ4n) is 7.41. The van der Waals surface area contributed by atoms with Crippen molar-refractivity contribution in [1.82, 2.24) is 49.7 Å². The molecular weight excluding hydrogens is 628 g/mol.